The maximum atomic E-state index is 12.3. The highest BCUT2D eigenvalue weighted by atomic mass is 16.2. The first-order chi connectivity index (χ1) is 12.2. The van der Waals surface area contributed by atoms with E-state index in [-0.39, 0.29) is 24.3 Å². The van der Waals surface area contributed by atoms with Crippen molar-refractivity contribution in [1.82, 2.24) is 10.6 Å². The van der Waals surface area contributed by atoms with Gasteiger partial charge in [0, 0.05) is 18.5 Å². The molecule has 0 radical (unpaired) electrons. The van der Waals surface area contributed by atoms with Crippen molar-refractivity contribution in [3.8, 4) is 0 Å². The second-order valence-electron chi connectivity index (χ2n) is 6.44. The first kappa shape index (κ1) is 17.2. The molecule has 4 nitrogen and oxygen atoms in total. The summed E-state index contributed by atoms with van der Waals surface area (Å²) in [6.07, 6.45) is 4.62. The van der Waals surface area contributed by atoms with E-state index in [2.05, 4.69) is 28.8 Å². The van der Waals surface area contributed by atoms with Gasteiger partial charge in [-0.25, -0.2) is 0 Å². The molecule has 0 bridgehead atoms. The van der Waals surface area contributed by atoms with Crippen LogP contribution in [0.5, 0.6) is 0 Å². The molecule has 0 aliphatic heterocycles. The van der Waals surface area contributed by atoms with Crippen LogP contribution in [0.3, 0.4) is 0 Å². The predicted octanol–water partition coefficient (Wildman–Crippen LogP) is 3.39. The van der Waals surface area contributed by atoms with Crippen LogP contribution in [0.2, 0.25) is 0 Å². The SMILES string of the molecule is O=C(CCNC(=O)c1ccccc1)NC1CCCCc2ccccc21. The zero-order valence-electron chi connectivity index (χ0n) is 14.3. The predicted molar refractivity (Wildman–Crippen MR) is 98.3 cm³/mol. The van der Waals surface area contributed by atoms with Gasteiger partial charge in [-0.3, -0.25) is 9.59 Å². The van der Waals surface area contributed by atoms with Gasteiger partial charge < -0.3 is 10.6 Å². The fraction of sp³-hybridized carbons (Fsp3) is 0.333. The van der Waals surface area contributed by atoms with Crippen molar-refractivity contribution in [2.75, 3.05) is 6.54 Å². The lowest BCUT2D eigenvalue weighted by Crippen LogP contribution is -2.33. The third kappa shape index (κ3) is 4.69. The molecule has 0 fully saturated rings. The number of rotatable bonds is 5. The molecule has 1 atom stereocenters. The largest absolute Gasteiger partial charge is 0.352 e. The maximum Gasteiger partial charge on any atom is 0.251 e. The van der Waals surface area contributed by atoms with Crippen LogP contribution in [-0.4, -0.2) is 18.4 Å². The number of aryl methyl sites for hydroxylation is 1. The van der Waals surface area contributed by atoms with Gasteiger partial charge in [0.1, 0.15) is 0 Å². The summed E-state index contributed by atoms with van der Waals surface area (Å²) in [6, 6.07) is 17.5. The van der Waals surface area contributed by atoms with Crippen LogP contribution < -0.4 is 10.6 Å². The Kier molecular flexibility index (Phi) is 5.83. The van der Waals surface area contributed by atoms with Gasteiger partial charge in [0.2, 0.25) is 5.91 Å². The number of fused-ring (bicyclic) bond motifs is 1. The quantitative estimate of drug-likeness (QED) is 0.822. The van der Waals surface area contributed by atoms with Crippen molar-refractivity contribution in [1.29, 1.82) is 0 Å². The van der Waals surface area contributed by atoms with Gasteiger partial charge in [-0.2, -0.15) is 0 Å². The minimum Gasteiger partial charge on any atom is -0.352 e. The van der Waals surface area contributed by atoms with Crippen LogP contribution in [0.1, 0.15) is 53.2 Å². The van der Waals surface area contributed by atoms with Gasteiger partial charge in [0.05, 0.1) is 6.04 Å². The second kappa shape index (κ2) is 8.47. The van der Waals surface area contributed by atoms with Gasteiger partial charge in [-0.1, -0.05) is 48.9 Å². The molecule has 25 heavy (non-hydrogen) atoms. The molecule has 2 aromatic carbocycles. The zero-order chi connectivity index (χ0) is 17.5. The van der Waals surface area contributed by atoms with E-state index < -0.39 is 0 Å². The molecule has 1 aliphatic carbocycles. The van der Waals surface area contributed by atoms with Gasteiger partial charge in [0.25, 0.3) is 5.91 Å². The van der Waals surface area contributed by atoms with Crippen molar-refractivity contribution < 1.29 is 9.59 Å². The Labute approximate surface area is 148 Å². The van der Waals surface area contributed by atoms with Crippen LogP contribution in [0.4, 0.5) is 0 Å². The van der Waals surface area contributed by atoms with E-state index in [1.807, 2.05) is 24.3 Å². The summed E-state index contributed by atoms with van der Waals surface area (Å²) < 4.78 is 0. The number of amides is 2. The summed E-state index contributed by atoms with van der Waals surface area (Å²) in [6.45, 7) is 0.341. The van der Waals surface area contributed by atoms with Crippen molar-refractivity contribution in [3.05, 3.63) is 71.3 Å². The monoisotopic (exact) mass is 336 g/mol. The fourth-order valence-corrected chi connectivity index (χ4v) is 3.32. The maximum absolute atomic E-state index is 12.3. The lowest BCUT2D eigenvalue weighted by Gasteiger charge is -2.19. The smallest absolute Gasteiger partial charge is 0.251 e. The average molecular weight is 336 g/mol. The molecule has 0 saturated carbocycles. The topological polar surface area (TPSA) is 58.2 Å². The van der Waals surface area contributed by atoms with E-state index in [1.165, 1.54) is 11.1 Å². The average Bonchev–Trinajstić information content (AvgIpc) is 2.85. The molecule has 3 rings (SSSR count). The molecule has 1 aliphatic rings. The van der Waals surface area contributed by atoms with Crippen LogP contribution in [0, 0.1) is 0 Å². The third-order valence-corrected chi connectivity index (χ3v) is 4.63. The van der Waals surface area contributed by atoms with Crippen molar-refractivity contribution in [2.45, 2.75) is 38.1 Å². The van der Waals surface area contributed by atoms with Crippen LogP contribution in [0.15, 0.2) is 54.6 Å². The molecular weight excluding hydrogens is 312 g/mol. The first-order valence-corrected chi connectivity index (χ1v) is 8.94. The molecule has 2 amide bonds. The third-order valence-electron chi connectivity index (χ3n) is 4.63. The molecule has 130 valence electrons. The van der Waals surface area contributed by atoms with Crippen molar-refractivity contribution in [2.24, 2.45) is 0 Å². The first-order valence-electron chi connectivity index (χ1n) is 8.94. The van der Waals surface area contributed by atoms with Crippen LogP contribution in [-0.2, 0) is 11.2 Å². The summed E-state index contributed by atoms with van der Waals surface area (Å²) in [5, 5.41) is 5.94. The lowest BCUT2D eigenvalue weighted by atomic mass is 9.99. The highest BCUT2D eigenvalue weighted by Crippen LogP contribution is 2.28. The van der Waals surface area contributed by atoms with Crippen LogP contribution in [0.25, 0.3) is 0 Å². The van der Waals surface area contributed by atoms with E-state index in [0.717, 1.165) is 25.7 Å². The van der Waals surface area contributed by atoms with E-state index in [9.17, 15) is 9.59 Å². The molecule has 2 N–H and O–H groups in total. The minimum atomic E-state index is -0.145. The molecular formula is C21H24N2O2. The summed E-state index contributed by atoms with van der Waals surface area (Å²) in [5.41, 5.74) is 3.19. The Balaban J connectivity index is 1.50. The molecule has 0 aromatic heterocycles. The number of benzene rings is 2. The van der Waals surface area contributed by atoms with E-state index in [4.69, 9.17) is 0 Å². The Hall–Kier alpha value is -2.62. The summed E-state index contributed by atoms with van der Waals surface area (Å²) in [7, 11) is 0. The van der Waals surface area contributed by atoms with Crippen molar-refractivity contribution >= 4 is 11.8 Å². The van der Waals surface area contributed by atoms with Gasteiger partial charge in [0.15, 0.2) is 0 Å². The van der Waals surface area contributed by atoms with E-state index in [1.54, 1.807) is 12.1 Å². The minimum absolute atomic E-state index is 0.0185. The Bertz CT molecular complexity index is 728. The molecule has 0 saturated heterocycles. The standard InChI is InChI=1S/C21H24N2O2/c24-20(14-15-22-21(25)17-10-2-1-3-11-17)23-19-13-7-5-9-16-8-4-6-12-18(16)19/h1-4,6,8,10-12,19H,5,7,9,13-15H2,(H,22,25)(H,23,24). The fourth-order valence-electron chi connectivity index (χ4n) is 3.32. The Morgan fingerprint density at radius 2 is 1.72 bits per heavy atom. The molecule has 0 heterocycles. The highest BCUT2D eigenvalue weighted by molar-refractivity contribution is 5.94. The number of hydrogen-bond donors (Lipinski definition) is 2. The summed E-state index contributed by atoms with van der Waals surface area (Å²) in [4.78, 5) is 24.3. The number of hydrogen-bond acceptors (Lipinski definition) is 2. The van der Waals surface area contributed by atoms with Gasteiger partial charge in [-0.05, 0) is 42.5 Å². The number of nitrogens with one attached hydrogen (secondary N) is 2. The molecule has 1 unspecified atom stereocenters. The summed E-state index contributed by atoms with van der Waals surface area (Å²) >= 11 is 0. The van der Waals surface area contributed by atoms with Crippen LogP contribution >= 0.6 is 0 Å². The van der Waals surface area contributed by atoms with Gasteiger partial charge >= 0.3 is 0 Å². The highest BCUT2D eigenvalue weighted by Gasteiger charge is 2.19. The Morgan fingerprint density at radius 1 is 0.960 bits per heavy atom. The molecule has 0 spiro atoms. The second-order valence-corrected chi connectivity index (χ2v) is 6.44. The van der Waals surface area contributed by atoms with E-state index >= 15 is 0 Å². The lowest BCUT2D eigenvalue weighted by molar-refractivity contribution is -0.121. The number of carbonyl (C=O) groups excluding carboxylic acids is 2. The summed E-state index contributed by atoms with van der Waals surface area (Å²) in [5.74, 6) is -0.164. The molecule has 2 aromatic rings. The zero-order valence-corrected chi connectivity index (χ0v) is 14.3. The molecule has 4 heteroatoms. The normalized spacial score (nSPS) is 16.4. The van der Waals surface area contributed by atoms with Gasteiger partial charge in [-0.15, -0.1) is 0 Å². The van der Waals surface area contributed by atoms with E-state index in [0.29, 0.717) is 12.1 Å². The van der Waals surface area contributed by atoms with Crippen molar-refractivity contribution in [3.63, 3.8) is 0 Å². The number of carbonyl (C=O) groups is 2. The Morgan fingerprint density at radius 3 is 2.56 bits per heavy atom.